The Kier molecular flexibility index (Phi) is 4.21. The Bertz CT molecular complexity index is 746. The highest BCUT2D eigenvalue weighted by atomic mass is 32.2. The van der Waals surface area contributed by atoms with Crippen molar-refractivity contribution >= 4 is 23.1 Å². The van der Waals surface area contributed by atoms with Crippen LogP contribution < -0.4 is 4.90 Å². The van der Waals surface area contributed by atoms with Crippen LogP contribution in [0.1, 0.15) is 25.0 Å². The maximum absolute atomic E-state index is 13.0. The van der Waals surface area contributed by atoms with Crippen molar-refractivity contribution in [2.24, 2.45) is 0 Å². The SMILES string of the molecule is CC(C)N1c2ccc(C(F)(F)F)cc2Sc2cc(C(F)(F)F)ccc21. The summed E-state index contributed by atoms with van der Waals surface area (Å²) in [4.78, 5) is 2.33. The lowest BCUT2D eigenvalue weighted by Crippen LogP contribution is -2.28. The molecule has 0 aromatic heterocycles. The molecule has 25 heavy (non-hydrogen) atoms. The molecule has 1 nitrogen and oxygen atoms in total. The molecule has 0 bridgehead atoms. The molecule has 1 aliphatic heterocycles. The van der Waals surface area contributed by atoms with Gasteiger partial charge in [0.1, 0.15) is 0 Å². The number of hydrogen-bond acceptors (Lipinski definition) is 2. The molecular formula is C17H13F6NS. The maximum atomic E-state index is 13.0. The molecule has 1 heterocycles. The van der Waals surface area contributed by atoms with Crippen LogP contribution in [0.5, 0.6) is 0 Å². The molecule has 1 aliphatic rings. The van der Waals surface area contributed by atoms with Crippen molar-refractivity contribution in [2.75, 3.05) is 4.90 Å². The molecule has 134 valence electrons. The molecule has 8 heteroatoms. The number of nitrogens with zero attached hydrogens (tertiary/aromatic N) is 1. The number of hydrogen-bond donors (Lipinski definition) is 0. The highest BCUT2D eigenvalue weighted by molar-refractivity contribution is 7.99. The monoisotopic (exact) mass is 377 g/mol. The van der Waals surface area contributed by atoms with Gasteiger partial charge in [-0.15, -0.1) is 0 Å². The number of fused-ring (bicyclic) bond motifs is 2. The van der Waals surface area contributed by atoms with E-state index in [4.69, 9.17) is 0 Å². The third-order valence-corrected chi connectivity index (χ3v) is 4.92. The van der Waals surface area contributed by atoms with E-state index >= 15 is 0 Å². The predicted molar refractivity (Wildman–Crippen MR) is 84.3 cm³/mol. The topological polar surface area (TPSA) is 3.24 Å². The molecule has 2 aromatic carbocycles. The van der Waals surface area contributed by atoms with Gasteiger partial charge in [0.25, 0.3) is 0 Å². The highest BCUT2D eigenvalue weighted by Gasteiger charge is 2.35. The van der Waals surface area contributed by atoms with Gasteiger partial charge in [0.05, 0.1) is 22.5 Å². The molecule has 3 rings (SSSR count). The number of anilines is 2. The van der Waals surface area contributed by atoms with E-state index in [1.165, 1.54) is 12.1 Å². The first-order chi connectivity index (χ1) is 11.5. The van der Waals surface area contributed by atoms with Gasteiger partial charge in [0, 0.05) is 15.8 Å². The largest absolute Gasteiger partial charge is 0.416 e. The van der Waals surface area contributed by atoms with E-state index in [-0.39, 0.29) is 15.8 Å². The van der Waals surface area contributed by atoms with Crippen LogP contribution in [-0.2, 0) is 12.4 Å². The van der Waals surface area contributed by atoms with Crippen molar-refractivity contribution in [3.63, 3.8) is 0 Å². The van der Waals surface area contributed by atoms with E-state index in [0.717, 1.165) is 36.0 Å². The zero-order valence-corrected chi connectivity index (χ0v) is 14.0. The van der Waals surface area contributed by atoms with Gasteiger partial charge in [0.15, 0.2) is 0 Å². The van der Waals surface area contributed by atoms with E-state index in [9.17, 15) is 26.3 Å². The second kappa shape index (κ2) is 5.86. The van der Waals surface area contributed by atoms with Crippen molar-refractivity contribution in [3.05, 3.63) is 47.5 Å². The van der Waals surface area contributed by atoms with Crippen LogP contribution >= 0.6 is 11.8 Å². The van der Waals surface area contributed by atoms with Gasteiger partial charge in [-0.3, -0.25) is 0 Å². The third-order valence-electron chi connectivity index (χ3n) is 3.83. The first kappa shape index (κ1) is 18.0. The minimum absolute atomic E-state index is 0.133. The van der Waals surface area contributed by atoms with E-state index in [0.29, 0.717) is 11.4 Å². The average Bonchev–Trinajstić information content (AvgIpc) is 2.49. The first-order valence-electron chi connectivity index (χ1n) is 7.38. The summed E-state index contributed by atoms with van der Waals surface area (Å²) in [6, 6.07) is 6.55. The summed E-state index contributed by atoms with van der Waals surface area (Å²) in [7, 11) is 0. The Labute approximate surface area is 144 Å². The molecule has 0 saturated heterocycles. The van der Waals surface area contributed by atoms with E-state index in [2.05, 4.69) is 0 Å². The normalized spacial score (nSPS) is 14.5. The van der Waals surface area contributed by atoms with Crippen molar-refractivity contribution in [3.8, 4) is 0 Å². The van der Waals surface area contributed by atoms with Gasteiger partial charge < -0.3 is 4.90 Å². The fourth-order valence-corrected chi connectivity index (χ4v) is 3.90. The van der Waals surface area contributed by atoms with Gasteiger partial charge in [0.2, 0.25) is 0 Å². The van der Waals surface area contributed by atoms with Crippen LogP contribution in [0, 0.1) is 0 Å². The van der Waals surface area contributed by atoms with Crippen LogP contribution in [0.3, 0.4) is 0 Å². The Balaban J connectivity index is 2.15. The molecule has 0 saturated carbocycles. The fourth-order valence-electron chi connectivity index (χ4n) is 2.75. The van der Waals surface area contributed by atoms with Crippen LogP contribution in [-0.4, -0.2) is 6.04 Å². The van der Waals surface area contributed by atoms with Gasteiger partial charge >= 0.3 is 12.4 Å². The van der Waals surface area contributed by atoms with E-state index in [1.54, 1.807) is 4.90 Å². The Hall–Kier alpha value is -1.83. The Morgan fingerprint density at radius 3 is 1.48 bits per heavy atom. The Morgan fingerprint density at radius 2 is 1.16 bits per heavy atom. The molecule has 0 spiro atoms. The summed E-state index contributed by atoms with van der Waals surface area (Å²) < 4.78 is 77.7. The molecule has 0 atom stereocenters. The molecular weight excluding hydrogens is 364 g/mol. The second-order valence-electron chi connectivity index (χ2n) is 5.93. The molecule has 0 N–H and O–H groups in total. The summed E-state index contributed by atoms with van der Waals surface area (Å²) in [5.74, 6) is 0. The predicted octanol–water partition coefficient (Wildman–Crippen LogP) is 6.74. The Morgan fingerprint density at radius 1 is 0.760 bits per heavy atom. The second-order valence-corrected chi connectivity index (χ2v) is 7.01. The number of rotatable bonds is 1. The molecule has 0 aliphatic carbocycles. The minimum Gasteiger partial charge on any atom is -0.337 e. The fraction of sp³-hybridized carbons (Fsp3) is 0.294. The average molecular weight is 377 g/mol. The molecule has 0 amide bonds. The van der Waals surface area contributed by atoms with Gasteiger partial charge in [-0.05, 0) is 50.2 Å². The lowest BCUT2D eigenvalue weighted by atomic mass is 10.1. The zero-order chi connectivity index (χ0) is 18.6. The summed E-state index contributed by atoms with van der Waals surface area (Å²) in [6.07, 6.45) is -9.02. The smallest absolute Gasteiger partial charge is 0.337 e. The summed E-state index contributed by atoms with van der Waals surface area (Å²) in [5, 5.41) is 0. The minimum atomic E-state index is -4.51. The summed E-state index contributed by atoms with van der Waals surface area (Å²) in [5.41, 5.74) is -0.531. The highest BCUT2D eigenvalue weighted by Crippen LogP contribution is 2.51. The van der Waals surface area contributed by atoms with Crippen molar-refractivity contribution in [1.29, 1.82) is 0 Å². The standard InChI is InChI=1S/C17H13F6NS/c1-9(2)24-12-5-3-10(16(18,19)20)7-14(12)25-15-8-11(17(21,22)23)4-6-13(15)24/h3-9H,1-2H3. The molecule has 0 fully saturated rings. The summed E-state index contributed by atoms with van der Waals surface area (Å²) in [6.45, 7) is 3.66. The molecule has 0 unspecified atom stereocenters. The lowest BCUT2D eigenvalue weighted by Gasteiger charge is -2.36. The van der Waals surface area contributed by atoms with Crippen molar-refractivity contribution < 1.29 is 26.3 Å². The number of halogens is 6. The molecule has 0 radical (unpaired) electrons. The van der Waals surface area contributed by atoms with Crippen molar-refractivity contribution in [2.45, 2.75) is 42.0 Å². The molecule has 2 aromatic rings. The van der Waals surface area contributed by atoms with Crippen LogP contribution in [0.25, 0.3) is 0 Å². The van der Waals surface area contributed by atoms with Crippen LogP contribution in [0.15, 0.2) is 46.2 Å². The summed E-state index contributed by atoms with van der Waals surface area (Å²) >= 11 is 0.923. The van der Waals surface area contributed by atoms with Gasteiger partial charge in [-0.25, -0.2) is 0 Å². The van der Waals surface area contributed by atoms with Gasteiger partial charge in [-0.2, -0.15) is 26.3 Å². The van der Waals surface area contributed by atoms with E-state index in [1.807, 2.05) is 13.8 Å². The van der Waals surface area contributed by atoms with E-state index < -0.39 is 23.5 Å². The van der Waals surface area contributed by atoms with Crippen LogP contribution in [0.2, 0.25) is 0 Å². The maximum Gasteiger partial charge on any atom is 0.416 e. The number of alkyl halides is 6. The first-order valence-corrected chi connectivity index (χ1v) is 8.19. The number of benzene rings is 2. The van der Waals surface area contributed by atoms with Crippen LogP contribution in [0.4, 0.5) is 37.7 Å². The zero-order valence-electron chi connectivity index (χ0n) is 13.2. The van der Waals surface area contributed by atoms with Crippen molar-refractivity contribution in [1.82, 2.24) is 0 Å². The quantitative estimate of drug-likeness (QED) is 0.507. The third kappa shape index (κ3) is 3.31. The lowest BCUT2D eigenvalue weighted by molar-refractivity contribution is -0.138. The van der Waals surface area contributed by atoms with Gasteiger partial charge in [-0.1, -0.05) is 11.8 Å².